The molecule has 114 valence electrons. The second-order valence-electron chi connectivity index (χ2n) is 4.55. The number of sulfonamides is 2. The van der Waals surface area contributed by atoms with Crippen molar-refractivity contribution in [3.8, 4) is 0 Å². The molecule has 1 aromatic rings. The Morgan fingerprint density at radius 2 is 1.45 bits per heavy atom. The molecular formula is C11H19N3O4S2. The van der Waals surface area contributed by atoms with Crippen molar-refractivity contribution in [3.05, 3.63) is 23.3 Å². The summed E-state index contributed by atoms with van der Waals surface area (Å²) < 4.78 is 50.7. The Bertz CT molecular complexity index is 673. The first-order chi connectivity index (χ1) is 9.03. The Labute approximate surface area is 119 Å². The summed E-state index contributed by atoms with van der Waals surface area (Å²) in [5.74, 6) is 0. The number of hydrogen-bond donors (Lipinski definition) is 3. The normalized spacial score (nSPS) is 12.6. The van der Waals surface area contributed by atoms with E-state index in [4.69, 9.17) is 5.73 Å². The van der Waals surface area contributed by atoms with Gasteiger partial charge in [-0.2, -0.15) is 0 Å². The van der Waals surface area contributed by atoms with Gasteiger partial charge in [0.05, 0.1) is 11.2 Å². The zero-order chi connectivity index (χ0) is 15.6. The molecule has 0 heterocycles. The molecular weight excluding hydrogens is 302 g/mol. The third-order valence-electron chi connectivity index (χ3n) is 2.53. The van der Waals surface area contributed by atoms with Crippen LogP contribution in [0, 0.1) is 13.8 Å². The minimum atomic E-state index is -3.70. The molecule has 0 atom stereocenters. The third-order valence-corrected chi connectivity index (χ3v) is 5.03. The fourth-order valence-corrected chi connectivity index (χ4v) is 3.86. The van der Waals surface area contributed by atoms with Gasteiger partial charge in [0.25, 0.3) is 0 Å². The van der Waals surface area contributed by atoms with E-state index in [1.807, 2.05) is 0 Å². The minimum Gasteiger partial charge on any atom is -0.399 e. The first-order valence-electron chi connectivity index (χ1n) is 5.84. The fourth-order valence-electron chi connectivity index (χ4n) is 1.90. The standard InChI is InChI=1S/C11H19N3O4S2/c1-8-6-10(12)7-9(2)11(8)20(17,18)14-5-4-13-19(3,15)16/h6-7,13-14H,4-5,12H2,1-3H3. The lowest BCUT2D eigenvalue weighted by atomic mass is 10.1. The Morgan fingerprint density at radius 1 is 1.00 bits per heavy atom. The smallest absolute Gasteiger partial charge is 0.241 e. The van der Waals surface area contributed by atoms with Gasteiger partial charge in [0.2, 0.25) is 20.0 Å². The van der Waals surface area contributed by atoms with E-state index >= 15 is 0 Å². The molecule has 0 bridgehead atoms. The third kappa shape index (κ3) is 4.75. The number of anilines is 1. The summed E-state index contributed by atoms with van der Waals surface area (Å²) in [4.78, 5) is 0.172. The molecule has 0 saturated carbocycles. The van der Waals surface area contributed by atoms with Gasteiger partial charge in [0, 0.05) is 18.8 Å². The molecule has 0 aromatic heterocycles. The predicted octanol–water partition coefficient (Wildman–Crippen LogP) is -0.287. The highest BCUT2D eigenvalue weighted by Crippen LogP contribution is 2.22. The van der Waals surface area contributed by atoms with Crippen molar-refractivity contribution >= 4 is 25.7 Å². The van der Waals surface area contributed by atoms with Crippen LogP contribution < -0.4 is 15.2 Å². The van der Waals surface area contributed by atoms with Crippen LogP contribution in [-0.2, 0) is 20.0 Å². The predicted molar refractivity (Wildman–Crippen MR) is 78.4 cm³/mol. The van der Waals surface area contributed by atoms with Gasteiger partial charge < -0.3 is 5.73 Å². The lowest BCUT2D eigenvalue weighted by Gasteiger charge is -2.13. The van der Waals surface area contributed by atoms with E-state index in [0.29, 0.717) is 16.8 Å². The number of nitrogen functional groups attached to an aromatic ring is 1. The molecule has 4 N–H and O–H groups in total. The highest BCUT2D eigenvalue weighted by Gasteiger charge is 2.19. The maximum absolute atomic E-state index is 12.2. The molecule has 0 radical (unpaired) electrons. The van der Waals surface area contributed by atoms with Crippen LogP contribution in [0.2, 0.25) is 0 Å². The summed E-state index contributed by atoms with van der Waals surface area (Å²) in [6.45, 7) is 3.28. The number of rotatable bonds is 6. The van der Waals surface area contributed by atoms with Crippen molar-refractivity contribution in [2.24, 2.45) is 0 Å². The number of hydrogen-bond acceptors (Lipinski definition) is 5. The van der Waals surface area contributed by atoms with Crippen molar-refractivity contribution in [3.63, 3.8) is 0 Å². The topological polar surface area (TPSA) is 118 Å². The summed E-state index contributed by atoms with van der Waals surface area (Å²) >= 11 is 0. The van der Waals surface area contributed by atoms with Crippen LogP contribution in [0.5, 0.6) is 0 Å². The highest BCUT2D eigenvalue weighted by molar-refractivity contribution is 7.89. The van der Waals surface area contributed by atoms with Crippen LogP contribution in [0.4, 0.5) is 5.69 Å². The summed E-state index contributed by atoms with van der Waals surface area (Å²) in [5, 5.41) is 0. The van der Waals surface area contributed by atoms with Gasteiger partial charge in [0.15, 0.2) is 0 Å². The zero-order valence-corrected chi connectivity index (χ0v) is 13.2. The van der Waals surface area contributed by atoms with Gasteiger partial charge in [-0.05, 0) is 37.1 Å². The highest BCUT2D eigenvalue weighted by atomic mass is 32.2. The van der Waals surface area contributed by atoms with Gasteiger partial charge in [-0.25, -0.2) is 26.3 Å². The molecule has 20 heavy (non-hydrogen) atoms. The van der Waals surface area contributed by atoms with Crippen molar-refractivity contribution in [2.75, 3.05) is 25.1 Å². The Kier molecular flexibility index (Phi) is 5.14. The minimum absolute atomic E-state index is 0.00880. The van der Waals surface area contributed by atoms with Crippen molar-refractivity contribution in [1.82, 2.24) is 9.44 Å². The summed E-state index contributed by atoms with van der Waals surface area (Å²) in [5.41, 5.74) is 7.24. The average molecular weight is 321 g/mol. The van der Waals surface area contributed by atoms with Crippen LogP contribution in [0.3, 0.4) is 0 Å². The molecule has 0 aliphatic carbocycles. The first kappa shape index (κ1) is 16.9. The number of nitrogens with two attached hydrogens (primary N) is 1. The van der Waals surface area contributed by atoms with Gasteiger partial charge >= 0.3 is 0 Å². The molecule has 0 spiro atoms. The van der Waals surface area contributed by atoms with Crippen molar-refractivity contribution in [2.45, 2.75) is 18.7 Å². The van der Waals surface area contributed by atoms with E-state index in [2.05, 4.69) is 9.44 Å². The molecule has 1 rings (SSSR count). The molecule has 7 nitrogen and oxygen atoms in total. The van der Waals surface area contributed by atoms with E-state index in [-0.39, 0.29) is 18.0 Å². The molecule has 0 amide bonds. The van der Waals surface area contributed by atoms with E-state index in [9.17, 15) is 16.8 Å². The summed E-state index contributed by atoms with van der Waals surface area (Å²) in [6.07, 6.45) is 1.01. The van der Waals surface area contributed by atoms with Gasteiger partial charge in [-0.1, -0.05) is 0 Å². The summed E-state index contributed by atoms with van der Waals surface area (Å²) in [6, 6.07) is 3.16. The lowest BCUT2D eigenvalue weighted by Crippen LogP contribution is -2.34. The number of aryl methyl sites for hydroxylation is 2. The number of benzene rings is 1. The second-order valence-corrected chi connectivity index (χ2v) is 8.08. The van der Waals surface area contributed by atoms with E-state index in [0.717, 1.165) is 6.26 Å². The van der Waals surface area contributed by atoms with Gasteiger partial charge in [0.1, 0.15) is 0 Å². The molecule has 0 aliphatic heterocycles. The monoisotopic (exact) mass is 321 g/mol. The van der Waals surface area contributed by atoms with Gasteiger partial charge in [-0.3, -0.25) is 0 Å². The second kappa shape index (κ2) is 6.08. The Hall–Kier alpha value is -1.16. The first-order valence-corrected chi connectivity index (χ1v) is 9.21. The average Bonchev–Trinajstić information content (AvgIpc) is 2.21. The number of nitrogens with one attached hydrogen (secondary N) is 2. The summed E-state index contributed by atoms with van der Waals surface area (Å²) in [7, 11) is -7.03. The van der Waals surface area contributed by atoms with Crippen LogP contribution in [0.1, 0.15) is 11.1 Å². The maximum atomic E-state index is 12.2. The molecule has 0 unspecified atom stereocenters. The zero-order valence-electron chi connectivity index (χ0n) is 11.6. The Morgan fingerprint density at radius 3 is 1.90 bits per heavy atom. The fraction of sp³-hybridized carbons (Fsp3) is 0.455. The molecule has 0 saturated heterocycles. The van der Waals surface area contributed by atoms with E-state index in [1.54, 1.807) is 26.0 Å². The quantitative estimate of drug-likeness (QED) is 0.491. The van der Waals surface area contributed by atoms with E-state index in [1.165, 1.54) is 0 Å². The lowest BCUT2D eigenvalue weighted by molar-refractivity contribution is 0.572. The van der Waals surface area contributed by atoms with Crippen molar-refractivity contribution < 1.29 is 16.8 Å². The maximum Gasteiger partial charge on any atom is 0.241 e. The van der Waals surface area contributed by atoms with Crippen LogP contribution in [0.25, 0.3) is 0 Å². The molecule has 0 fully saturated rings. The van der Waals surface area contributed by atoms with Crippen LogP contribution in [-0.4, -0.2) is 36.2 Å². The van der Waals surface area contributed by atoms with Crippen molar-refractivity contribution in [1.29, 1.82) is 0 Å². The molecule has 1 aromatic carbocycles. The molecule has 9 heteroatoms. The SMILES string of the molecule is Cc1cc(N)cc(C)c1S(=O)(=O)NCCNS(C)(=O)=O. The van der Waals surface area contributed by atoms with E-state index < -0.39 is 20.0 Å². The molecule has 0 aliphatic rings. The van der Waals surface area contributed by atoms with Crippen LogP contribution in [0.15, 0.2) is 17.0 Å². The Balaban J connectivity index is 2.85. The van der Waals surface area contributed by atoms with Gasteiger partial charge in [-0.15, -0.1) is 0 Å². The van der Waals surface area contributed by atoms with Crippen LogP contribution >= 0.6 is 0 Å². The largest absolute Gasteiger partial charge is 0.399 e.